The van der Waals surface area contributed by atoms with E-state index in [0.717, 1.165) is 75.6 Å². The molecule has 10 heteroatoms. The van der Waals surface area contributed by atoms with E-state index in [1.165, 1.54) is 17.7 Å². The topological polar surface area (TPSA) is 60.9 Å². The second-order valence-electron chi connectivity index (χ2n) is 10.9. The molecule has 41 heavy (non-hydrogen) atoms. The van der Waals surface area contributed by atoms with Crippen LogP contribution in [0.2, 0.25) is 0 Å². The summed E-state index contributed by atoms with van der Waals surface area (Å²) in [5.74, 6) is 0.622. The molecule has 1 amide bonds. The van der Waals surface area contributed by atoms with Crippen molar-refractivity contribution < 1.29 is 22.7 Å². The van der Waals surface area contributed by atoms with Crippen LogP contribution >= 0.6 is 0 Å². The first-order chi connectivity index (χ1) is 19.6. The predicted molar refractivity (Wildman–Crippen MR) is 153 cm³/mol. The number of hydrogen-bond donors (Lipinski definition) is 1. The van der Waals surface area contributed by atoms with Gasteiger partial charge in [-0.15, -0.1) is 13.2 Å². The number of benzene rings is 2. The molecule has 0 bridgehead atoms. The fourth-order valence-corrected chi connectivity index (χ4v) is 5.52. The van der Waals surface area contributed by atoms with Gasteiger partial charge in [-0.1, -0.05) is 30.3 Å². The van der Waals surface area contributed by atoms with Crippen LogP contribution in [0.15, 0.2) is 60.8 Å². The minimum Gasteiger partial charge on any atom is -0.406 e. The van der Waals surface area contributed by atoms with Gasteiger partial charge in [0.15, 0.2) is 0 Å². The first-order valence-corrected chi connectivity index (χ1v) is 14.0. The first kappa shape index (κ1) is 28.9. The van der Waals surface area contributed by atoms with Crippen molar-refractivity contribution in [2.45, 2.75) is 38.7 Å². The monoisotopic (exact) mass is 567 g/mol. The zero-order chi connectivity index (χ0) is 29.0. The Morgan fingerprint density at radius 2 is 1.68 bits per heavy atom. The van der Waals surface area contributed by atoms with Gasteiger partial charge in [-0.3, -0.25) is 9.69 Å². The summed E-state index contributed by atoms with van der Waals surface area (Å²) >= 11 is 0. The number of nitrogens with zero attached hydrogens (tertiary/aromatic N) is 4. The third-order valence-electron chi connectivity index (χ3n) is 7.94. The second kappa shape index (κ2) is 12.5. The lowest BCUT2D eigenvalue weighted by molar-refractivity contribution is -0.274. The molecule has 0 atom stereocenters. The summed E-state index contributed by atoms with van der Waals surface area (Å²) in [6.07, 6.45) is -1.04. The zero-order valence-electron chi connectivity index (χ0n) is 23.5. The van der Waals surface area contributed by atoms with Gasteiger partial charge >= 0.3 is 6.36 Å². The Balaban J connectivity index is 1.13. The molecular weight excluding hydrogens is 531 g/mol. The maximum Gasteiger partial charge on any atom is 0.573 e. The summed E-state index contributed by atoms with van der Waals surface area (Å²) in [4.78, 5) is 25.0. The van der Waals surface area contributed by atoms with Crippen molar-refractivity contribution in [1.29, 1.82) is 0 Å². The third-order valence-corrected chi connectivity index (χ3v) is 7.94. The van der Waals surface area contributed by atoms with Crippen molar-refractivity contribution in [2.24, 2.45) is 0 Å². The SMILES string of the molecule is Cc1c(C(=O)NC2CCN(Cc3ccc(N4CCN(C)CC4)nc3)CC2)cccc1-c1ccc(OC(F)(F)F)cc1. The molecule has 0 spiro atoms. The quantitative estimate of drug-likeness (QED) is 0.429. The van der Waals surface area contributed by atoms with Crippen LogP contribution in [0.25, 0.3) is 11.1 Å². The van der Waals surface area contributed by atoms with Gasteiger partial charge in [0.05, 0.1) is 0 Å². The van der Waals surface area contributed by atoms with Crippen LogP contribution < -0.4 is 15.0 Å². The van der Waals surface area contributed by atoms with E-state index in [9.17, 15) is 18.0 Å². The Morgan fingerprint density at radius 3 is 2.32 bits per heavy atom. The molecule has 1 N–H and O–H groups in total. The number of piperidine rings is 1. The van der Waals surface area contributed by atoms with E-state index in [-0.39, 0.29) is 17.7 Å². The lowest BCUT2D eigenvalue weighted by Gasteiger charge is -2.34. The van der Waals surface area contributed by atoms with Crippen LogP contribution in [0, 0.1) is 6.92 Å². The van der Waals surface area contributed by atoms with Gasteiger partial charge in [0.2, 0.25) is 0 Å². The molecule has 2 aliphatic rings. The number of pyridine rings is 1. The number of carbonyl (C=O) groups excluding carboxylic acids is 1. The van der Waals surface area contributed by atoms with Crippen LogP contribution in [0.5, 0.6) is 5.75 Å². The molecule has 0 radical (unpaired) electrons. The molecule has 2 fully saturated rings. The number of likely N-dealkylation sites (tertiary alicyclic amines) is 1. The van der Waals surface area contributed by atoms with Crippen molar-refractivity contribution >= 4 is 11.7 Å². The third kappa shape index (κ3) is 7.56. The minimum absolute atomic E-state index is 0.0818. The van der Waals surface area contributed by atoms with Crippen molar-refractivity contribution in [3.63, 3.8) is 0 Å². The maximum absolute atomic E-state index is 13.2. The number of hydrogen-bond acceptors (Lipinski definition) is 6. The number of rotatable bonds is 7. The van der Waals surface area contributed by atoms with Gasteiger partial charge in [-0.2, -0.15) is 0 Å². The fourth-order valence-electron chi connectivity index (χ4n) is 5.52. The van der Waals surface area contributed by atoms with Crippen molar-refractivity contribution in [3.8, 4) is 16.9 Å². The van der Waals surface area contributed by atoms with Gasteiger partial charge in [0, 0.05) is 63.6 Å². The Hall–Kier alpha value is -3.63. The number of nitrogens with one attached hydrogen (secondary N) is 1. The lowest BCUT2D eigenvalue weighted by atomic mass is 9.95. The summed E-state index contributed by atoms with van der Waals surface area (Å²) in [5.41, 5.74) is 4.03. The molecule has 5 rings (SSSR count). The Labute approximate surface area is 238 Å². The Bertz CT molecular complexity index is 1320. The highest BCUT2D eigenvalue weighted by Crippen LogP contribution is 2.30. The highest BCUT2D eigenvalue weighted by Gasteiger charge is 2.31. The van der Waals surface area contributed by atoms with Crippen LogP contribution in [0.3, 0.4) is 0 Å². The van der Waals surface area contributed by atoms with Crippen LogP contribution in [0.1, 0.15) is 34.3 Å². The number of anilines is 1. The molecule has 0 saturated carbocycles. The standard InChI is InChI=1S/C31H36F3N5O2/c1-22-27(24-7-9-26(10-8-24)41-31(32,33)34)4-3-5-28(22)30(40)36-25-12-14-38(15-13-25)21-23-6-11-29(35-20-23)39-18-16-37(2)17-19-39/h3-11,20,25H,12-19,21H2,1-2H3,(H,36,40). The van der Waals surface area contributed by atoms with Crippen LogP contribution in [0.4, 0.5) is 19.0 Å². The lowest BCUT2D eigenvalue weighted by Crippen LogP contribution is -2.45. The van der Waals surface area contributed by atoms with E-state index in [0.29, 0.717) is 11.1 Å². The first-order valence-electron chi connectivity index (χ1n) is 14.0. The van der Waals surface area contributed by atoms with Crippen LogP contribution in [-0.2, 0) is 6.54 Å². The fraction of sp³-hybridized carbons (Fsp3) is 0.419. The normalized spacial score (nSPS) is 17.4. The Morgan fingerprint density at radius 1 is 0.976 bits per heavy atom. The molecule has 2 aromatic carbocycles. The predicted octanol–water partition coefficient (Wildman–Crippen LogP) is 5.10. The van der Waals surface area contributed by atoms with Gasteiger partial charge in [-0.05, 0) is 73.3 Å². The summed E-state index contributed by atoms with van der Waals surface area (Å²) in [6, 6.07) is 15.5. The molecule has 7 nitrogen and oxygen atoms in total. The smallest absolute Gasteiger partial charge is 0.406 e. The van der Waals surface area contributed by atoms with E-state index in [1.807, 2.05) is 19.2 Å². The average Bonchev–Trinajstić information content (AvgIpc) is 2.95. The summed E-state index contributed by atoms with van der Waals surface area (Å²) in [7, 11) is 2.15. The van der Waals surface area contributed by atoms with E-state index < -0.39 is 6.36 Å². The number of ether oxygens (including phenoxy) is 1. The van der Waals surface area contributed by atoms with Gasteiger partial charge in [-0.25, -0.2) is 4.98 Å². The number of halogens is 3. The highest BCUT2D eigenvalue weighted by atomic mass is 19.4. The Kier molecular flexibility index (Phi) is 8.79. The molecule has 1 aromatic heterocycles. The van der Waals surface area contributed by atoms with E-state index in [4.69, 9.17) is 4.98 Å². The van der Waals surface area contributed by atoms with Gasteiger partial charge in [0.1, 0.15) is 11.6 Å². The minimum atomic E-state index is -4.74. The molecule has 2 aliphatic heterocycles. The van der Waals surface area contributed by atoms with Crippen molar-refractivity contribution in [1.82, 2.24) is 20.1 Å². The molecule has 0 unspecified atom stereocenters. The maximum atomic E-state index is 13.2. The summed E-state index contributed by atoms with van der Waals surface area (Å²) < 4.78 is 41.4. The summed E-state index contributed by atoms with van der Waals surface area (Å²) in [6.45, 7) is 8.57. The molecule has 0 aliphatic carbocycles. The van der Waals surface area contributed by atoms with Gasteiger partial charge < -0.3 is 19.9 Å². The largest absolute Gasteiger partial charge is 0.573 e. The van der Waals surface area contributed by atoms with E-state index >= 15 is 0 Å². The zero-order valence-corrected chi connectivity index (χ0v) is 23.5. The number of amides is 1. The molecular formula is C31H36F3N5O2. The number of aromatic nitrogens is 1. The number of likely N-dealkylation sites (N-methyl/N-ethyl adjacent to an activating group) is 1. The molecule has 218 valence electrons. The van der Waals surface area contributed by atoms with Crippen molar-refractivity contribution in [2.75, 3.05) is 51.2 Å². The number of carbonyl (C=O) groups is 1. The average molecular weight is 568 g/mol. The molecule has 3 heterocycles. The number of piperazine rings is 1. The molecule has 3 aromatic rings. The van der Waals surface area contributed by atoms with Crippen LogP contribution in [-0.4, -0.2) is 79.4 Å². The van der Waals surface area contributed by atoms with Gasteiger partial charge in [0.25, 0.3) is 5.91 Å². The molecule has 2 saturated heterocycles. The van der Waals surface area contributed by atoms with E-state index in [2.05, 4.69) is 43.9 Å². The highest BCUT2D eigenvalue weighted by molar-refractivity contribution is 5.97. The second-order valence-corrected chi connectivity index (χ2v) is 10.9. The number of alkyl halides is 3. The summed E-state index contributed by atoms with van der Waals surface area (Å²) in [5, 5.41) is 3.19. The van der Waals surface area contributed by atoms with E-state index in [1.54, 1.807) is 24.3 Å². The van der Waals surface area contributed by atoms with Crippen molar-refractivity contribution in [3.05, 3.63) is 77.5 Å².